The van der Waals surface area contributed by atoms with Gasteiger partial charge >= 0.3 is 5.97 Å². The Labute approximate surface area is 110 Å². The summed E-state index contributed by atoms with van der Waals surface area (Å²) in [6.45, 7) is 10.2. The van der Waals surface area contributed by atoms with E-state index in [0.29, 0.717) is 12.5 Å². The van der Waals surface area contributed by atoms with Crippen LogP contribution in [0.3, 0.4) is 0 Å². The molecule has 1 saturated heterocycles. The molecule has 1 aliphatic heterocycles. The van der Waals surface area contributed by atoms with Crippen molar-refractivity contribution >= 4 is 20.9 Å². The molecular weight excluding hydrogens is 250 g/mol. The molecule has 18 heavy (non-hydrogen) atoms. The lowest BCUT2D eigenvalue weighted by molar-refractivity contribution is -0.173. The molecule has 3 atom stereocenters. The van der Waals surface area contributed by atoms with Gasteiger partial charge in [-0.1, -0.05) is 13.8 Å². The largest absolute Gasteiger partial charge is 0.441 e. The lowest BCUT2D eigenvalue weighted by atomic mass is 9.78. The van der Waals surface area contributed by atoms with E-state index in [1.165, 1.54) is 6.92 Å². The Kier molecular flexibility index (Phi) is 5.34. The molecule has 1 N–H and O–H groups in total. The lowest BCUT2D eigenvalue weighted by Gasteiger charge is -2.41. The Balaban J connectivity index is 2.65. The number of carbonyl (C=O) groups is 2. The molecule has 0 saturated carbocycles. The van der Waals surface area contributed by atoms with Gasteiger partial charge in [0.25, 0.3) is 0 Å². The zero-order valence-electron chi connectivity index (χ0n) is 11.7. The molecule has 0 aromatic rings. The molecule has 6 heteroatoms. The van der Waals surface area contributed by atoms with Crippen LogP contribution in [0.25, 0.3) is 0 Å². The van der Waals surface area contributed by atoms with Gasteiger partial charge in [-0.15, -0.1) is 0 Å². The van der Waals surface area contributed by atoms with E-state index < -0.39 is 15.3 Å². The molecule has 0 aromatic carbocycles. The van der Waals surface area contributed by atoms with Gasteiger partial charge in [-0.2, -0.15) is 0 Å². The van der Waals surface area contributed by atoms with Crippen LogP contribution in [0.1, 0.15) is 20.8 Å². The quantitative estimate of drug-likeness (QED) is 0.443. The minimum atomic E-state index is -1.10. The first kappa shape index (κ1) is 15.2. The fraction of sp³-hybridized carbons (Fsp3) is 0.833. The number of hydrogen-bond acceptors (Lipinski definition) is 4. The zero-order valence-corrected chi connectivity index (χ0v) is 12.9. The Morgan fingerprint density at radius 1 is 1.44 bits per heavy atom. The van der Waals surface area contributed by atoms with Crippen LogP contribution in [-0.2, 0) is 18.8 Å². The van der Waals surface area contributed by atoms with E-state index in [1.807, 2.05) is 0 Å². The number of ether oxygens (including phenoxy) is 1. The van der Waals surface area contributed by atoms with Crippen LogP contribution in [0.4, 0.5) is 0 Å². The minimum absolute atomic E-state index is 0.0472. The average molecular weight is 273 g/mol. The molecule has 0 bridgehead atoms. The number of hydrogen-bond donors (Lipinski definition) is 1. The number of nitrogens with one attached hydrogen (secondary N) is 1. The topological polar surface area (TPSA) is 64.6 Å². The lowest BCUT2D eigenvalue weighted by Crippen LogP contribution is -2.63. The maximum absolute atomic E-state index is 11.7. The van der Waals surface area contributed by atoms with Crippen molar-refractivity contribution in [2.24, 2.45) is 17.8 Å². The molecule has 104 valence electrons. The normalized spacial score (nSPS) is 24.7. The molecule has 1 rings (SSSR count). The Morgan fingerprint density at radius 2 is 2.06 bits per heavy atom. The number of carbonyl (C=O) groups excluding carboxylic acids is 2. The molecule has 0 aromatic heterocycles. The summed E-state index contributed by atoms with van der Waals surface area (Å²) in [4.78, 5) is 22.6. The monoisotopic (exact) mass is 273 g/mol. The van der Waals surface area contributed by atoms with Crippen LogP contribution in [0.2, 0.25) is 13.1 Å². The summed E-state index contributed by atoms with van der Waals surface area (Å²) >= 11 is 0. The van der Waals surface area contributed by atoms with Gasteiger partial charge in [-0.25, -0.2) is 0 Å². The second kappa shape index (κ2) is 6.33. The van der Waals surface area contributed by atoms with Gasteiger partial charge < -0.3 is 14.5 Å². The average Bonchev–Trinajstić information content (AvgIpc) is 2.21. The third-order valence-corrected chi connectivity index (χ3v) is 4.01. The third-order valence-electron chi connectivity index (χ3n) is 3.15. The highest BCUT2D eigenvalue weighted by Gasteiger charge is 2.47. The second-order valence-electron chi connectivity index (χ2n) is 5.35. The van der Waals surface area contributed by atoms with Crippen molar-refractivity contribution in [1.29, 1.82) is 0 Å². The van der Waals surface area contributed by atoms with E-state index in [0.717, 1.165) is 0 Å². The molecule has 1 heterocycles. The molecule has 0 aliphatic carbocycles. The first-order valence-corrected chi connectivity index (χ1v) is 9.20. The van der Waals surface area contributed by atoms with Gasteiger partial charge in [0.05, 0.1) is 5.92 Å². The number of rotatable bonds is 6. The molecule has 1 fully saturated rings. The van der Waals surface area contributed by atoms with E-state index in [1.54, 1.807) is 0 Å². The van der Waals surface area contributed by atoms with Crippen molar-refractivity contribution in [2.45, 2.75) is 40.1 Å². The first-order chi connectivity index (χ1) is 8.32. The predicted octanol–water partition coefficient (Wildman–Crippen LogP) is 0.894. The summed E-state index contributed by atoms with van der Waals surface area (Å²) in [5, 5.41) is 2.62. The summed E-state index contributed by atoms with van der Waals surface area (Å²) in [6.07, 6.45) is -0.486. The Hall–Kier alpha value is -0.883. The van der Waals surface area contributed by atoms with E-state index >= 15 is 0 Å². The third kappa shape index (κ3) is 3.81. The summed E-state index contributed by atoms with van der Waals surface area (Å²) in [7, 11) is -1.10. The number of β-lactam (4-membered cyclic amide) rings is 1. The molecule has 0 spiro atoms. The number of esters is 1. The van der Waals surface area contributed by atoms with Crippen LogP contribution in [0, 0.1) is 17.8 Å². The maximum atomic E-state index is 11.7. The van der Waals surface area contributed by atoms with Crippen LogP contribution in [0.5, 0.6) is 0 Å². The van der Waals surface area contributed by atoms with Gasteiger partial charge in [-0.05, 0) is 19.0 Å². The Morgan fingerprint density at radius 3 is 2.44 bits per heavy atom. The fourth-order valence-corrected chi connectivity index (χ4v) is 2.69. The van der Waals surface area contributed by atoms with Gasteiger partial charge in [0, 0.05) is 19.4 Å². The van der Waals surface area contributed by atoms with E-state index in [9.17, 15) is 9.59 Å². The van der Waals surface area contributed by atoms with Crippen LogP contribution < -0.4 is 5.32 Å². The number of amides is 1. The predicted molar refractivity (Wildman–Crippen MR) is 70.3 cm³/mol. The summed E-state index contributed by atoms with van der Waals surface area (Å²) in [5.41, 5.74) is 0. The van der Waals surface area contributed by atoms with E-state index in [2.05, 4.69) is 32.3 Å². The van der Waals surface area contributed by atoms with E-state index in [4.69, 9.17) is 9.16 Å². The second-order valence-corrected chi connectivity index (χ2v) is 7.79. The Bertz CT molecular complexity index is 319. The SMILES string of the molecule is CC(=O)O[C@H]1NC(=O)[C@@H]1[C@H](CO[SiH](C)C)C(C)C. The van der Waals surface area contributed by atoms with Crippen molar-refractivity contribution < 1.29 is 18.8 Å². The smallest absolute Gasteiger partial charge is 0.304 e. The molecule has 5 nitrogen and oxygen atoms in total. The maximum Gasteiger partial charge on any atom is 0.304 e. The summed E-state index contributed by atoms with van der Waals surface area (Å²) in [6, 6.07) is 0. The van der Waals surface area contributed by atoms with Gasteiger partial charge in [0.1, 0.15) is 0 Å². The fourth-order valence-electron chi connectivity index (χ4n) is 2.08. The molecule has 0 unspecified atom stereocenters. The summed E-state index contributed by atoms with van der Waals surface area (Å²) in [5.74, 6) is -0.285. The van der Waals surface area contributed by atoms with Crippen molar-refractivity contribution in [3.63, 3.8) is 0 Å². The molecule has 1 amide bonds. The van der Waals surface area contributed by atoms with Crippen LogP contribution >= 0.6 is 0 Å². The highest BCUT2D eigenvalue weighted by atomic mass is 28.3. The van der Waals surface area contributed by atoms with Gasteiger partial charge in [-0.3, -0.25) is 9.59 Å². The van der Waals surface area contributed by atoms with Crippen molar-refractivity contribution in [3.8, 4) is 0 Å². The first-order valence-electron chi connectivity index (χ1n) is 6.42. The highest BCUT2D eigenvalue weighted by Crippen LogP contribution is 2.31. The summed E-state index contributed by atoms with van der Waals surface area (Å²) < 4.78 is 10.8. The minimum Gasteiger partial charge on any atom is -0.441 e. The van der Waals surface area contributed by atoms with Crippen LogP contribution in [0.15, 0.2) is 0 Å². The van der Waals surface area contributed by atoms with Crippen molar-refractivity contribution in [3.05, 3.63) is 0 Å². The molecule has 1 aliphatic rings. The molecular formula is C12H23NO4Si. The van der Waals surface area contributed by atoms with Gasteiger partial charge in [0.2, 0.25) is 5.91 Å². The van der Waals surface area contributed by atoms with Crippen LogP contribution in [-0.4, -0.2) is 33.8 Å². The van der Waals surface area contributed by atoms with Crippen molar-refractivity contribution in [2.75, 3.05) is 6.61 Å². The van der Waals surface area contributed by atoms with Crippen molar-refractivity contribution in [1.82, 2.24) is 5.32 Å². The standard InChI is InChI=1S/C12H23NO4Si/c1-7(2)9(6-16-18(4)5)10-11(15)13-12(10)17-8(3)14/h7,9-10,12,18H,6H2,1-5H3,(H,13,15)/t9-,10+,12-/m1/s1. The highest BCUT2D eigenvalue weighted by molar-refractivity contribution is 6.48. The van der Waals surface area contributed by atoms with Gasteiger partial charge in [0.15, 0.2) is 15.3 Å². The molecule has 0 radical (unpaired) electrons. The van der Waals surface area contributed by atoms with E-state index in [-0.39, 0.29) is 23.7 Å². The zero-order chi connectivity index (χ0) is 13.9.